The number of hydrogen-bond acceptors (Lipinski definition) is 3. The number of nitrogens with two attached hydrogens (primary N) is 1. The Labute approximate surface area is 124 Å². The van der Waals surface area contributed by atoms with Gasteiger partial charge in [-0.05, 0) is 36.8 Å². The second-order valence-corrected chi connectivity index (χ2v) is 5.74. The minimum Gasteiger partial charge on any atom is -0.348 e. The molecule has 0 spiro atoms. The highest BCUT2D eigenvalue weighted by molar-refractivity contribution is 6.05. The third-order valence-electron chi connectivity index (χ3n) is 4.42. The van der Waals surface area contributed by atoms with Gasteiger partial charge in [-0.2, -0.15) is 0 Å². The average Bonchev–Trinajstić information content (AvgIpc) is 2.54. The highest BCUT2D eigenvalue weighted by Gasteiger charge is 2.26. The molecular formula is C17H21N3O. The van der Waals surface area contributed by atoms with E-state index in [1.807, 2.05) is 30.3 Å². The second kappa shape index (κ2) is 6.22. The van der Waals surface area contributed by atoms with E-state index in [1.165, 1.54) is 6.42 Å². The number of nitrogens with one attached hydrogen (secondary N) is 1. The minimum absolute atomic E-state index is 0.0860. The third kappa shape index (κ3) is 2.90. The van der Waals surface area contributed by atoms with Gasteiger partial charge in [0.1, 0.15) is 5.69 Å². The topological polar surface area (TPSA) is 68.0 Å². The lowest BCUT2D eigenvalue weighted by Gasteiger charge is -2.31. The van der Waals surface area contributed by atoms with E-state index in [4.69, 9.17) is 5.73 Å². The number of amides is 1. The standard InChI is InChI=1S/C17H21N3O/c18-11-13-6-2-4-8-15(13)20-17(21)16-14-7-3-1-5-12(14)9-10-19-16/h1,3,5,7,9-10,13,15H,2,4,6,8,11,18H2,(H,20,21). The van der Waals surface area contributed by atoms with Crippen molar-refractivity contribution in [1.82, 2.24) is 10.3 Å². The molecule has 3 rings (SSSR count). The van der Waals surface area contributed by atoms with Crippen LogP contribution in [0, 0.1) is 5.92 Å². The van der Waals surface area contributed by atoms with Gasteiger partial charge >= 0.3 is 0 Å². The van der Waals surface area contributed by atoms with Gasteiger partial charge in [-0.15, -0.1) is 0 Å². The van der Waals surface area contributed by atoms with Crippen LogP contribution in [0.2, 0.25) is 0 Å². The number of carbonyl (C=O) groups is 1. The fourth-order valence-corrected chi connectivity index (χ4v) is 3.22. The van der Waals surface area contributed by atoms with Gasteiger partial charge in [-0.3, -0.25) is 9.78 Å². The smallest absolute Gasteiger partial charge is 0.270 e. The average molecular weight is 283 g/mol. The van der Waals surface area contributed by atoms with Crippen molar-refractivity contribution in [1.29, 1.82) is 0 Å². The van der Waals surface area contributed by atoms with Gasteiger partial charge in [0.15, 0.2) is 0 Å². The number of rotatable bonds is 3. The Balaban J connectivity index is 1.84. The van der Waals surface area contributed by atoms with Crippen molar-refractivity contribution in [2.45, 2.75) is 31.7 Å². The first kappa shape index (κ1) is 14.0. The van der Waals surface area contributed by atoms with E-state index in [0.717, 1.165) is 30.0 Å². The van der Waals surface area contributed by atoms with E-state index in [9.17, 15) is 4.79 Å². The maximum absolute atomic E-state index is 12.6. The van der Waals surface area contributed by atoms with Gasteiger partial charge < -0.3 is 11.1 Å². The number of benzene rings is 1. The molecule has 4 heteroatoms. The Morgan fingerprint density at radius 2 is 2.05 bits per heavy atom. The normalized spacial score (nSPS) is 22.1. The number of aromatic nitrogens is 1. The number of nitrogens with zero attached hydrogens (tertiary/aromatic N) is 1. The summed E-state index contributed by atoms with van der Waals surface area (Å²) in [4.78, 5) is 16.9. The summed E-state index contributed by atoms with van der Waals surface area (Å²) in [7, 11) is 0. The van der Waals surface area contributed by atoms with Gasteiger partial charge in [0.25, 0.3) is 5.91 Å². The van der Waals surface area contributed by atoms with E-state index < -0.39 is 0 Å². The Hall–Kier alpha value is -1.94. The van der Waals surface area contributed by atoms with Gasteiger partial charge in [0, 0.05) is 17.6 Å². The predicted octanol–water partition coefficient (Wildman–Crippen LogP) is 2.48. The number of hydrogen-bond donors (Lipinski definition) is 2. The monoisotopic (exact) mass is 283 g/mol. The van der Waals surface area contributed by atoms with E-state index in [1.54, 1.807) is 6.20 Å². The maximum Gasteiger partial charge on any atom is 0.270 e. The summed E-state index contributed by atoms with van der Waals surface area (Å²) in [5, 5.41) is 5.09. The Morgan fingerprint density at radius 1 is 1.24 bits per heavy atom. The molecule has 1 amide bonds. The van der Waals surface area contributed by atoms with E-state index >= 15 is 0 Å². The molecule has 1 aliphatic rings. The summed E-state index contributed by atoms with van der Waals surface area (Å²) < 4.78 is 0. The first-order valence-corrected chi connectivity index (χ1v) is 7.64. The highest BCUT2D eigenvalue weighted by Crippen LogP contribution is 2.24. The molecule has 1 fully saturated rings. The van der Waals surface area contributed by atoms with Crippen molar-refractivity contribution in [3.05, 3.63) is 42.2 Å². The first-order valence-electron chi connectivity index (χ1n) is 7.64. The molecule has 21 heavy (non-hydrogen) atoms. The van der Waals surface area contributed by atoms with E-state index in [-0.39, 0.29) is 11.9 Å². The van der Waals surface area contributed by atoms with Crippen LogP contribution in [0.15, 0.2) is 36.5 Å². The molecule has 0 saturated heterocycles. The molecular weight excluding hydrogens is 262 g/mol. The van der Waals surface area contributed by atoms with Crippen molar-refractivity contribution in [2.24, 2.45) is 11.7 Å². The number of pyridine rings is 1. The number of fused-ring (bicyclic) bond motifs is 1. The van der Waals surface area contributed by atoms with Crippen LogP contribution in [-0.4, -0.2) is 23.5 Å². The number of carbonyl (C=O) groups excluding carboxylic acids is 1. The van der Waals surface area contributed by atoms with Crippen LogP contribution in [0.4, 0.5) is 0 Å². The molecule has 0 aliphatic heterocycles. The summed E-state index contributed by atoms with van der Waals surface area (Å²) in [6.45, 7) is 0.633. The SMILES string of the molecule is NCC1CCCCC1NC(=O)c1nccc2ccccc12. The predicted molar refractivity (Wildman–Crippen MR) is 84.0 cm³/mol. The molecule has 110 valence electrons. The second-order valence-electron chi connectivity index (χ2n) is 5.74. The molecule has 3 N–H and O–H groups in total. The van der Waals surface area contributed by atoms with Crippen LogP contribution < -0.4 is 11.1 Å². The van der Waals surface area contributed by atoms with Crippen LogP contribution in [0.25, 0.3) is 10.8 Å². The minimum atomic E-state index is -0.0860. The quantitative estimate of drug-likeness (QED) is 0.909. The molecule has 1 heterocycles. The third-order valence-corrected chi connectivity index (χ3v) is 4.42. The van der Waals surface area contributed by atoms with E-state index in [0.29, 0.717) is 18.2 Å². The zero-order valence-corrected chi connectivity index (χ0v) is 12.1. The Bertz CT molecular complexity index is 635. The molecule has 2 aromatic rings. The summed E-state index contributed by atoms with van der Waals surface area (Å²) in [5.41, 5.74) is 6.34. The fraction of sp³-hybridized carbons (Fsp3) is 0.412. The molecule has 2 unspecified atom stereocenters. The zero-order valence-electron chi connectivity index (χ0n) is 12.1. The zero-order chi connectivity index (χ0) is 14.7. The van der Waals surface area contributed by atoms with Gasteiger partial charge in [-0.1, -0.05) is 37.1 Å². The Morgan fingerprint density at radius 3 is 2.90 bits per heavy atom. The van der Waals surface area contributed by atoms with Gasteiger partial charge in [-0.25, -0.2) is 0 Å². The lowest BCUT2D eigenvalue weighted by atomic mass is 9.84. The largest absolute Gasteiger partial charge is 0.348 e. The van der Waals surface area contributed by atoms with Crippen LogP contribution >= 0.6 is 0 Å². The Kier molecular flexibility index (Phi) is 4.15. The summed E-state index contributed by atoms with van der Waals surface area (Å²) in [6, 6.07) is 9.95. The molecule has 0 radical (unpaired) electrons. The molecule has 4 nitrogen and oxygen atoms in total. The molecule has 1 aromatic carbocycles. The van der Waals surface area contributed by atoms with Crippen LogP contribution in [-0.2, 0) is 0 Å². The van der Waals surface area contributed by atoms with Gasteiger partial charge in [0.2, 0.25) is 0 Å². The summed E-state index contributed by atoms with van der Waals surface area (Å²) in [5.74, 6) is 0.301. The van der Waals surface area contributed by atoms with E-state index in [2.05, 4.69) is 10.3 Å². The van der Waals surface area contributed by atoms with Crippen molar-refractivity contribution >= 4 is 16.7 Å². The van der Waals surface area contributed by atoms with Gasteiger partial charge in [0.05, 0.1) is 0 Å². The lowest BCUT2D eigenvalue weighted by molar-refractivity contribution is 0.0905. The van der Waals surface area contributed by atoms with Crippen molar-refractivity contribution in [2.75, 3.05) is 6.54 Å². The van der Waals surface area contributed by atoms with Crippen molar-refractivity contribution in [3.63, 3.8) is 0 Å². The summed E-state index contributed by atoms with van der Waals surface area (Å²) in [6.07, 6.45) is 6.17. The fourth-order valence-electron chi connectivity index (χ4n) is 3.22. The molecule has 0 bridgehead atoms. The highest BCUT2D eigenvalue weighted by atomic mass is 16.1. The van der Waals surface area contributed by atoms with Crippen molar-refractivity contribution in [3.8, 4) is 0 Å². The van der Waals surface area contributed by atoms with Crippen molar-refractivity contribution < 1.29 is 4.79 Å². The first-order chi connectivity index (χ1) is 10.3. The van der Waals surface area contributed by atoms with Crippen LogP contribution in [0.3, 0.4) is 0 Å². The molecule has 1 saturated carbocycles. The summed E-state index contributed by atoms with van der Waals surface area (Å²) >= 11 is 0. The lowest BCUT2D eigenvalue weighted by Crippen LogP contribution is -2.45. The van der Waals surface area contributed by atoms with Crippen LogP contribution in [0.5, 0.6) is 0 Å². The van der Waals surface area contributed by atoms with Crippen LogP contribution in [0.1, 0.15) is 36.2 Å². The maximum atomic E-state index is 12.6. The molecule has 1 aliphatic carbocycles. The molecule has 1 aromatic heterocycles. The molecule has 2 atom stereocenters.